The first kappa shape index (κ1) is 14.8. The molecule has 0 atom stereocenters. The van der Waals surface area contributed by atoms with E-state index >= 15 is 0 Å². The van der Waals surface area contributed by atoms with E-state index in [2.05, 4.69) is 13.0 Å². The van der Waals surface area contributed by atoms with E-state index in [0.717, 1.165) is 36.3 Å². The molecule has 0 unspecified atom stereocenters. The van der Waals surface area contributed by atoms with Crippen LogP contribution >= 0.6 is 0 Å². The van der Waals surface area contributed by atoms with Crippen LogP contribution < -0.4 is 15.2 Å². The molecule has 0 aliphatic heterocycles. The van der Waals surface area contributed by atoms with Crippen molar-refractivity contribution in [1.29, 1.82) is 0 Å². The van der Waals surface area contributed by atoms with Gasteiger partial charge in [0.25, 0.3) is 0 Å². The molecule has 0 fully saturated rings. The topological polar surface area (TPSA) is 44.5 Å². The molecule has 1 aromatic rings. The van der Waals surface area contributed by atoms with Crippen LogP contribution in [0.5, 0.6) is 11.5 Å². The van der Waals surface area contributed by atoms with E-state index in [0.29, 0.717) is 0 Å². The monoisotopic (exact) mass is 251 g/mol. The van der Waals surface area contributed by atoms with E-state index < -0.39 is 5.54 Å². The summed E-state index contributed by atoms with van der Waals surface area (Å²) >= 11 is 0. The molecule has 0 aliphatic rings. The Balaban J connectivity index is 3.23. The zero-order chi connectivity index (χ0) is 13.8. The molecule has 0 aromatic heterocycles. The summed E-state index contributed by atoms with van der Waals surface area (Å²) < 4.78 is 10.9. The maximum Gasteiger partial charge on any atom is 0.124 e. The first-order valence-electron chi connectivity index (χ1n) is 6.48. The van der Waals surface area contributed by atoms with Crippen molar-refractivity contribution in [2.45, 2.75) is 45.6 Å². The van der Waals surface area contributed by atoms with Crippen molar-refractivity contribution in [3.8, 4) is 11.5 Å². The number of hydrogen-bond acceptors (Lipinski definition) is 3. The maximum atomic E-state index is 6.17. The van der Waals surface area contributed by atoms with Gasteiger partial charge in [-0.15, -0.1) is 0 Å². The average Bonchev–Trinajstić information content (AvgIpc) is 2.33. The van der Waals surface area contributed by atoms with Gasteiger partial charge in [0.05, 0.1) is 14.2 Å². The van der Waals surface area contributed by atoms with Gasteiger partial charge in [0, 0.05) is 11.1 Å². The molecule has 0 saturated carbocycles. The lowest BCUT2D eigenvalue weighted by Crippen LogP contribution is -2.29. The molecular weight excluding hydrogens is 226 g/mol. The molecule has 0 radical (unpaired) electrons. The van der Waals surface area contributed by atoms with Crippen LogP contribution in [0, 0.1) is 0 Å². The summed E-state index contributed by atoms with van der Waals surface area (Å²) in [7, 11) is 3.38. The van der Waals surface area contributed by atoms with Crippen molar-refractivity contribution >= 4 is 0 Å². The summed E-state index contributed by atoms with van der Waals surface area (Å²) in [6, 6.07) is 4.06. The molecule has 0 aliphatic carbocycles. The number of rotatable bonds is 6. The Bertz CT molecular complexity index is 394. The Hall–Kier alpha value is -1.22. The fourth-order valence-electron chi connectivity index (χ4n) is 2.03. The Labute approximate surface area is 110 Å². The minimum absolute atomic E-state index is 0.443. The van der Waals surface area contributed by atoms with Crippen molar-refractivity contribution < 1.29 is 9.47 Å². The lowest BCUT2D eigenvalue weighted by Gasteiger charge is -2.24. The lowest BCUT2D eigenvalue weighted by atomic mass is 9.92. The number of ether oxygens (including phenoxy) is 2. The molecule has 2 N–H and O–H groups in total. The molecule has 0 saturated heterocycles. The molecule has 0 heterocycles. The highest BCUT2D eigenvalue weighted by Gasteiger charge is 2.21. The van der Waals surface area contributed by atoms with Gasteiger partial charge in [0.1, 0.15) is 11.5 Å². The molecule has 0 bridgehead atoms. The molecule has 1 rings (SSSR count). The quantitative estimate of drug-likeness (QED) is 0.844. The minimum Gasteiger partial charge on any atom is -0.496 e. The predicted octanol–water partition coefficient (Wildman–Crippen LogP) is 3.24. The summed E-state index contributed by atoms with van der Waals surface area (Å²) in [5.41, 5.74) is 7.89. The highest BCUT2D eigenvalue weighted by molar-refractivity contribution is 5.49. The van der Waals surface area contributed by atoms with Crippen LogP contribution in [0.3, 0.4) is 0 Å². The van der Waals surface area contributed by atoms with Gasteiger partial charge in [-0.05, 0) is 44.4 Å². The Kier molecular flexibility index (Phi) is 5.03. The Morgan fingerprint density at radius 1 is 1.11 bits per heavy atom. The van der Waals surface area contributed by atoms with E-state index in [1.165, 1.54) is 5.56 Å². The van der Waals surface area contributed by atoms with Crippen LogP contribution in [-0.2, 0) is 12.0 Å². The molecule has 102 valence electrons. The van der Waals surface area contributed by atoms with Gasteiger partial charge in [-0.2, -0.15) is 0 Å². The molecule has 0 amide bonds. The van der Waals surface area contributed by atoms with Gasteiger partial charge in [-0.25, -0.2) is 0 Å². The van der Waals surface area contributed by atoms with Gasteiger partial charge in [-0.1, -0.05) is 13.3 Å². The number of aryl methyl sites for hydroxylation is 1. The largest absolute Gasteiger partial charge is 0.496 e. The third-order valence-electron chi connectivity index (χ3n) is 3.10. The van der Waals surface area contributed by atoms with Gasteiger partial charge in [-0.3, -0.25) is 0 Å². The van der Waals surface area contributed by atoms with Crippen LogP contribution in [0.25, 0.3) is 0 Å². The third-order valence-corrected chi connectivity index (χ3v) is 3.10. The zero-order valence-corrected chi connectivity index (χ0v) is 12.2. The molecule has 18 heavy (non-hydrogen) atoms. The predicted molar refractivity (Wildman–Crippen MR) is 75.4 cm³/mol. The maximum absolute atomic E-state index is 6.17. The first-order chi connectivity index (χ1) is 8.43. The van der Waals surface area contributed by atoms with Crippen molar-refractivity contribution in [2.24, 2.45) is 5.73 Å². The smallest absolute Gasteiger partial charge is 0.124 e. The Morgan fingerprint density at radius 3 is 2.17 bits per heavy atom. The highest BCUT2D eigenvalue weighted by Crippen LogP contribution is 2.35. The summed E-state index contributed by atoms with van der Waals surface area (Å²) in [5, 5.41) is 0. The van der Waals surface area contributed by atoms with E-state index in [1.54, 1.807) is 14.2 Å². The summed E-state index contributed by atoms with van der Waals surface area (Å²) in [5.74, 6) is 1.74. The van der Waals surface area contributed by atoms with E-state index in [1.807, 2.05) is 19.9 Å². The van der Waals surface area contributed by atoms with Crippen LogP contribution in [0.15, 0.2) is 12.1 Å². The zero-order valence-electron chi connectivity index (χ0n) is 12.2. The third kappa shape index (κ3) is 3.39. The SMILES string of the molecule is CCCCc1cc(OC)c(C(C)(C)N)cc1OC. The average molecular weight is 251 g/mol. The van der Waals surface area contributed by atoms with Crippen LogP contribution in [-0.4, -0.2) is 14.2 Å². The number of methoxy groups -OCH3 is 2. The number of nitrogens with two attached hydrogens (primary N) is 1. The fourth-order valence-corrected chi connectivity index (χ4v) is 2.03. The van der Waals surface area contributed by atoms with E-state index in [9.17, 15) is 0 Å². The summed E-state index contributed by atoms with van der Waals surface area (Å²) in [6.07, 6.45) is 3.31. The fraction of sp³-hybridized carbons (Fsp3) is 0.600. The first-order valence-corrected chi connectivity index (χ1v) is 6.48. The number of hydrogen-bond donors (Lipinski definition) is 1. The second-order valence-corrected chi connectivity index (χ2v) is 5.19. The van der Waals surface area contributed by atoms with Gasteiger partial charge >= 0.3 is 0 Å². The normalized spacial score (nSPS) is 11.4. The molecule has 1 aromatic carbocycles. The summed E-state index contributed by atoms with van der Waals surface area (Å²) in [6.45, 7) is 6.12. The molecular formula is C15H25NO2. The van der Waals surface area contributed by atoms with E-state index in [-0.39, 0.29) is 0 Å². The van der Waals surface area contributed by atoms with Crippen LogP contribution in [0.1, 0.15) is 44.7 Å². The summed E-state index contributed by atoms with van der Waals surface area (Å²) in [4.78, 5) is 0. The standard InChI is InChI=1S/C15H25NO2/c1-6-7-8-11-9-14(18-5)12(15(2,3)16)10-13(11)17-4/h9-10H,6-8,16H2,1-5H3. The van der Waals surface area contributed by atoms with Gasteiger partial charge in [0.15, 0.2) is 0 Å². The number of unbranched alkanes of at least 4 members (excludes halogenated alkanes) is 1. The van der Waals surface area contributed by atoms with Crippen LogP contribution in [0.4, 0.5) is 0 Å². The molecule has 3 heteroatoms. The van der Waals surface area contributed by atoms with E-state index in [4.69, 9.17) is 15.2 Å². The van der Waals surface area contributed by atoms with Gasteiger partial charge < -0.3 is 15.2 Å². The highest BCUT2D eigenvalue weighted by atomic mass is 16.5. The lowest BCUT2D eigenvalue weighted by molar-refractivity contribution is 0.382. The van der Waals surface area contributed by atoms with Crippen molar-refractivity contribution in [3.63, 3.8) is 0 Å². The number of benzene rings is 1. The van der Waals surface area contributed by atoms with Crippen molar-refractivity contribution in [1.82, 2.24) is 0 Å². The molecule has 3 nitrogen and oxygen atoms in total. The van der Waals surface area contributed by atoms with Gasteiger partial charge in [0.2, 0.25) is 0 Å². The molecule has 0 spiro atoms. The second kappa shape index (κ2) is 6.10. The minimum atomic E-state index is -0.443. The Morgan fingerprint density at radius 2 is 1.72 bits per heavy atom. The van der Waals surface area contributed by atoms with Crippen molar-refractivity contribution in [2.75, 3.05) is 14.2 Å². The van der Waals surface area contributed by atoms with Crippen molar-refractivity contribution in [3.05, 3.63) is 23.3 Å². The van der Waals surface area contributed by atoms with Crippen LogP contribution in [0.2, 0.25) is 0 Å². The second-order valence-electron chi connectivity index (χ2n) is 5.19.